The molecular formula is C31H27FO6. The number of halogens is 1. The van der Waals surface area contributed by atoms with E-state index in [2.05, 4.69) is 13.2 Å². The Morgan fingerprint density at radius 3 is 2.05 bits per heavy atom. The molecule has 0 amide bonds. The predicted octanol–water partition coefficient (Wildman–Crippen LogP) is 6.25. The Bertz CT molecular complexity index is 1380. The van der Waals surface area contributed by atoms with Crippen molar-refractivity contribution in [3.63, 3.8) is 0 Å². The van der Waals surface area contributed by atoms with Crippen molar-refractivity contribution in [3.05, 3.63) is 114 Å². The molecule has 0 aliphatic carbocycles. The Hall–Kier alpha value is -4.78. The fourth-order valence-corrected chi connectivity index (χ4v) is 3.18. The first kappa shape index (κ1) is 27.8. The van der Waals surface area contributed by atoms with Gasteiger partial charge in [0.25, 0.3) is 0 Å². The quantitative estimate of drug-likeness (QED) is 0.181. The van der Waals surface area contributed by atoms with Crippen LogP contribution in [-0.4, -0.2) is 24.5 Å². The van der Waals surface area contributed by atoms with Crippen LogP contribution in [0.2, 0.25) is 0 Å². The molecule has 0 fully saturated rings. The largest absolute Gasteiger partial charge is 0.462 e. The minimum Gasteiger partial charge on any atom is -0.462 e. The highest BCUT2D eigenvalue weighted by Crippen LogP contribution is 2.27. The first-order valence-electron chi connectivity index (χ1n) is 11.7. The summed E-state index contributed by atoms with van der Waals surface area (Å²) < 4.78 is 30.0. The monoisotopic (exact) mass is 514 g/mol. The topological polar surface area (TPSA) is 78.9 Å². The molecule has 7 heteroatoms. The maximum absolute atomic E-state index is 14.6. The smallest absolute Gasteiger partial charge is 0.338 e. The summed E-state index contributed by atoms with van der Waals surface area (Å²) >= 11 is 0. The van der Waals surface area contributed by atoms with Gasteiger partial charge in [0.1, 0.15) is 17.3 Å². The highest BCUT2D eigenvalue weighted by Gasteiger charge is 2.10. The Kier molecular flexibility index (Phi) is 9.48. The summed E-state index contributed by atoms with van der Waals surface area (Å²) in [4.78, 5) is 35.2. The van der Waals surface area contributed by atoms with Crippen LogP contribution in [0.1, 0.15) is 25.0 Å². The van der Waals surface area contributed by atoms with E-state index in [1.807, 2.05) is 0 Å². The van der Waals surface area contributed by atoms with Gasteiger partial charge in [-0.3, -0.25) is 0 Å². The van der Waals surface area contributed by atoms with Crippen molar-refractivity contribution in [2.45, 2.75) is 20.3 Å². The summed E-state index contributed by atoms with van der Waals surface area (Å²) in [5.74, 6) is -1.67. The second kappa shape index (κ2) is 13.0. The van der Waals surface area contributed by atoms with Crippen LogP contribution in [0.15, 0.2) is 97.1 Å². The van der Waals surface area contributed by atoms with E-state index in [0.717, 1.165) is 17.2 Å². The SMILES string of the molecule is C=C(C)C(=O)OCCc1ccc(OC(=O)/C=C/c2ccc(-c3ccc(OC(=O)C(=C)C)cc3F)cc2)cc1. The van der Waals surface area contributed by atoms with Crippen LogP contribution in [0.5, 0.6) is 11.5 Å². The molecule has 0 aromatic heterocycles. The average Bonchev–Trinajstić information content (AvgIpc) is 2.89. The van der Waals surface area contributed by atoms with E-state index >= 15 is 0 Å². The van der Waals surface area contributed by atoms with Crippen molar-refractivity contribution >= 4 is 24.0 Å². The second-order valence-electron chi connectivity index (χ2n) is 8.50. The fourth-order valence-electron chi connectivity index (χ4n) is 3.18. The van der Waals surface area contributed by atoms with E-state index in [4.69, 9.17) is 14.2 Å². The molecule has 0 saturated carbocycles. The molecule has 0 atom stereocenters. The minimum absolute atomic E-state index is 0.0936. The Labute approximate surface area is 220 Å². The van der Waals surface area contributed by atoms with Crippen LogP contribution < -0.4 is 9.47 Å². The number of carbonyl (C=O) groups excluding carboxylic acids is 3. The summed E-state index contributed by atoms with van der Waals surface area (Å²) in [5.41, 5.74) is 3.17. The molecule has 0 N–H and O–H groups in total. The van der Waals surface area contributed by atoms with Crippen LogP contribution in [-0.2, 0) is 25.5 Å². The van der Waals surface area contributed by atoms with Gasteiger partial charge < -0.3 is 14.2 Å². The number of rotatable bonds is 10. The summed E-state index contributed by atoms with van der Waals surface area (Å²) in [6.45, 7) is 10.4. The summed E-state index contributed by atoms with van der Waals surface area (Å²) in [7, 11) is 0. The van der Waals surface area contributed by atoms with Gasteiger partial charge in [0.15, 0.2) is 0 Å². The van der Waals surface area contributed by atoms with E-state index in [9.17, 15) is 18.8 Å². The number of carbonyl (C=O) groups is 3. The standard InChI is InChI=1S/C31H27FO6/c1-20(2)30(34)36-18-17-23-7-12-25(13-8-23)37-29(33)16-9-22-5-10-24(11-6-22)27-15-14-26(19-28(27)32)38-31(35)21(3)4/h5-16,19H,1,3,17-18H2,2,4H3/b16-9+. The molecule has 194 valence electrons. The number of esters is 3. The van der Waals surface area contributed by atoms with Crippen molar-refractivity contribution in [2.24, 2.45) is 0 Å². The van der Waals surface area contributed by atoms with Crippen LogP contribution in [0.25, 0.3) is 17.2 Å². The molecule has 0 aliphatic heterocycles. The van der Waals surface area contributed by atoms with Gasteiger partial charge >= 0.3 is 17.9 Å². The Morgan fingerprint density at radius 1 is 0.816 bits per heavy atom. The molecule has 0 unspecified atom stereocenters. The van der Waals surface area contributed by atoms with Crippen LogP contribution in [0, 0.1) is 5.82 Å². The number of hydrogen-bond donors (Lipinski definition) is 0. The second-order valence-corrected chi connectivity index (χ2v) is 8.50. The molecular weight excluding hydrogens is 487 g/mol. The van der Waals surface area contributed by atoms with E-state index in [1.165, 1.54) is 25.1 Å². The van der Waals surface area contributed by atoms with E-state index in [0.29, 0.717) is 28.9 Å². The fraction of sp³-hybridized carbons (Fsp3) is 0.129. The Morgan fingerprint density at radius 2 is 1.45 bits per heavy atom. The molecule has 0 radical (unpaired) electrons. The molecule has 0 heterocycles. The number of hydrogen-bond acceptors (Lipinski definition) is 6. The normalized spacial score (nSPS) is 10.6. The van der Waals surface area contributed by atoms with Gasteiger partial charge in [-0.25, -0.2) is 18.8 Å². The first-order valence-corrected chi connectivity index (χ1v) is 11.7. The van der Waals surface area contributed by atoms with Gasteiger partial charge in [-0.1, -0.05) is 49.6 Å². The average molecular weight is 515 g/mol. The first-order chi connectivity index (χ1) is 18.1. The summed E-state index contributed by atoms with van der Waals surface area (Å²) in [5, 5.41) is 0. The van der Waals surface area contributed by atoms with Crippen molar-refractivity contribution < 1.29 is 33.0 Å². The van der Waals surface area contributed by atoms with Gasteiger partial charge in [0.2, 0.25) is 0 Å². The molecule has 0 spiro atoms. The lowest BCUT2D eigenvalue weighted by atomic mass is 10.0. The maximum Gasteiger partial charge on any atom is 0.338 e. The van der Waals surface area contributed by atoms with Gasteiger partial charge in [-0.2, -0.15) is 0 Å². The molecule has 3 aromatic rings. The zero-order chi connectivity index (χ0) is 27.7. The highest BCUT2D eigenvalue weighted by molar-refractivity contribution is 5.89. The third kappa shape index (κ3) is 8.13. The maximum atomic E-state index is 14.6. The highest BCUT2D eigenvalue weighted by atomic mass is 19.1. The zero-order valence-electron chi connectivity index (χ0n) is 21.2. The van der Waals surface area contributed by atoms with Gasteiger partial charge in [-0.05, 0) is 60.9 Å². The molecule has 38 heavy (non-hydrogen) atoms. The van der Waals surface area contributed by atoms with Gasteiger partial charge in [-0.15, -0.1) is 0 Å². The van der Waals surface area contributed by atoms with E-state index in [1.54, 1.807) is 61.5 Å². The van der Waals surface area contributed by atoms with E-state index < -0.39 is 23.7 Å². The molecule has 3 aromatic carbocycles. The van der Waals surface area contributed by atoms with Crippen LogP contribution in [0.3, 0.4) is 0 Å². The van der Waals surface area contributed by atoms with Crippen molar-refractivity contribution in [3.8, 4) is 22.6 Å². The molecule has 3 rings (SSSR count). The number of benzene rings is 3. The van der Waals surface area contributed by atoms with Crippen molar-refractivity contribution in [1.82, 2.24) is 0 Å². The third-order valence-electron chi connectivity index (χ3n) is 5.25. The van der Waals surface area contributed by atoms with Crippen LogP contribution >= 0.6 is 0 Å². The molecule has 6 nitrogen and oxygen atoms in total. The van der Waals surface area contributed by atoms with Crippen molar-refractivity contribution in [2.75, 3.05) is 6.61 Å². The van der Waals surface area contributed by atoms with Gasteiger partial charge in [0, 0.05) is 35.3 Å². The summed E-state index contributed by atoms with van der Waals surface area (Å²) in [6, 6.07) is 18.0. The molecule has 0 bridgehead atoms. The van der Waals surface area contributed by atoms with Gasteiger partial charge in [0.05, 0.1) is 6.61 Å². The Balaban J connectivity index is 1.54. The minimum atomic E-state index is -0.623. The lowest BCUT2D eigenvalue weighted by Gasteiger charge is -2.08. The zero-order valence-corrected chi connectivity index (χ0v) is 21.2. The third-order valence-corrected chi connectivity index (χ3v) is 5.25. The molecule has 0 saturated heterocycles. The lowest BCUT2D eigenvalue weighted by Crippen LogP contribution is -2.08. The number of ether oxygens (including phenoxy) is 3. The van der Waals surface area contributed by atoms with E-state index in [-0.39, 0.29) is 17.9 Å². The predicted molar refractivity (Wildman–Crippen MR) is 143 cm³/mol. The molecule has 0 aliphatic rings. The van der Waals surface area contributed by atoms with Crippen molar-refractivity contribution in [1.29, 1.82) is 0 Å². The van der Waals surface area contributed by atoms with Crippen LogP contribution in [0.4, 0.5) is 4.39 Å². The summed E-state index contributed by atoms with van der Waals surface area (Å²) in [6.07, 6.45) is 3.41. The lowest BCUT2D eigenvalue weighted by molar-refractivity contribution is -0.139.